The molecular formula is C13H12FIO. The molecule has 0 saturated carbocycles. The normalized spacial score (nSPS) is 9.31. The average molecular weight is 330 g/mol. The summed E-state index contributed by atoms with van der Waals surface area (Å²) in [6, 6.07) is 19.0. The molecule has 0 aliphatic rings. The number of halogens is 2. The highest BCUT2D eigenvalue weighted by Gasteiger charge is 2.13. The van der Waals surface area contributed by atoms with Gasteiger partial charge in [-0.15, -0.1) is 0 Å². The van der Waals surface area contributed by atoms with E-state index in [4.69, 9.17) is 4.74 Å². The van der Waals surface area contributed by atoms with Gasteiger partial charge in [-0.1, -0.05) is 18.2 Å². The van der Waals surface area contributed by atoms with Gasteiger partial charge in [0.05, 0.1) is 7.11 Å². The Morgan fingerprint density at radius 2 is 1.38 bits per heavy atom. The molecule has 0 aromatic heterocycles. The zero-order chi connectivity index (χ0) is 10.5. The van der Waals surface area contributed by atoms with Gasteiger partial charge in [0.1, 0.15) is 5.75 Å². The van der Waals surface area contributed by atoms with Crippen LogP contribution in [0, 0.1) is 7.14 Å². The zero-order valence-electron chi connectivity index (χ0n) is 8.86. The second-order valence-electron chi connectivity index (χ2n) is 3.05. The van der Waals surface area contributed by atoms with Gasteiger partial charge in [0.15, 0.2) is 7.14 Å². The van der Waals surface area contributed by atoms with Crippen molar-refractivity contribution < 1.29 is 30.6 Å². The summed E-state index contributed by atoms with van der Waals surface area (Å²) in [5.41, 5.74) is 0. The Kier molecular flexibility index (Phi) is 5.25. The van der Waals surface area contributed by atoms with Crippen molar-refractivity contribution in [3.63, 3.8) is 0 Å². The van der Waals surface area contributed by atoms with Crippen molar-refractivity contribution >= 4 is 0 Å². The summed E-state index contributed by atoms with van der Waals surface area (Å²) < 4.78 is 7.99. The van der Waals surface area contributed by atoms with Crippen molar-refractivity contribution in [2.24, 2.45) is 0 Å². The van der Waals surface area contributed by atoms with Crippen LogP contribution in [0.2, 0.25) is 0 Å². The smallest absolute Gasteiger partial charge is 0.357 e. The van der Waals surface area contributed by atoms with Crippen LogP contribution in [0.15, 0.2) is 54.6 Å². The zero-order valence-corrected chi connectivity index (χ0v) is 11.0. The summed E-state index contributed by atoms with van der Waals surface area (Å²) in [5.74, 6) is 0.927. The van der Waals surface area contributed by atoms with E-state index in [2.05, 4.69) is 42.5 Å². The van der Waals surface area contributed by atoms with Gasteiger partial charge >= 0.3 is 21.2 Å². The molecule has 2 rings (SSSR count). The lowest BCUT2D eigenvalue weighted by atomic mass is 10.3. The molecule has 16 heavy (non-hydrogen) atoms. The molecule has 0 unspecified atom stereocenters. The van der Waals surface area contributed by atoms with Crippen LogP contribution in [0.3, 0.4) is 0 Å². The first-order chi connectivity index (χ1) is 7.38. The fraction of sp³-hybridized carbons (Fsp3) is 0.0769. The lowest BCUT2D eigenvalue weighted by Crippen LogP contribution is -3.61. The van der Waals surface area contributed by atoms with E-state index in [-0.39, 0.29) is 25.9 Å². The molecule has 0 aliphatic heterocycles. The first-order valence-electron chi connectivity index (χ1n) is 4.72. The van der Waals surface area contributed by atoms with Gasteiger partial charge in [0.25, 0.3) is 0 Å². The maximum absolute atomic E-state index is 5.13. The van der Waals surface area contributed by atoms with E-state index in [0.29, 0.717) is 0 Å². The third-order valence-electron chi connectivity index (χ3n) is 2.00. The highest BCUT2D eigenvalue weighted by atomic mass is 127. The van der Waals surface area contributed by atoms with Gasteiger partial charge in [0, 0.05) is 0 Å². The Morgan fingerprint density at radius 1 is 0.812 bits per heavy atom. The highest BCUT2D eigenvalue weighted by molar-refractivity contribution is 5.20. The molecule has 0 fully saturated rings. The van der Waals surface area contributed by atoms with E-state index >= 15 is 0 Å². The topological polar surface area (TPSA) is 9.23 Å². The van der Waals surface area contributed by atoms with Gasteiger partial charge in [-0.25, -0.2) is 0 Å². The summed E-state index contributed by atoms with van der Waals surface area (Å²) in [7, 11) is 1.70. The Bertz CT molecular complexity index is 414. The van der Waals surface area contributed by atoms with Crippen LogP contribution in [-0.4, -0.2) is 7.11 Å². The largest absolute Gasteiger partial charge is 1.00 e. The fourth-order valence-electron chi connectivity index (χ4n) is 1.24. The summed E-state index contributed by atoms with van der Waals surface area (Å²) in [6.45, 7) is 0. The molecule has 0 atom stereocenters. The summed E-state index contributed by atoms with van der Waals surface area (Å²) in [4.78, 5) is 0. The fourth-order valence-corrected chi connectivity index (χ4v) is 3.45. The molecule has 3 heteroatoms. The quantitative estimate of drug-likeness (QED) is 0.540. The first-order valence-corrected chi connectivity index (χ1v) is 6.88. The summed E-state index contributed by atoms with van der Waals surface area (Å²) in [6.07, 6.45) is 0. The highest BCUT2D eigenvalue weighted by Crippen LogP contribution is 2.06. The second kappa shape index (κ2) is 6.48. The van der Waals surface area contributed by atoms with E-state index in [9.17, 15) is 0 Å². The number of rotatable bonds is 3. The minimum Gasteiger partial charge on any atom is -1.00 e. The van der Waals surface area contributed by atoms with E-state index in [1.165, 1.54) is 7.14 Å². The van der Waals surface area contributed by atoms with Crippen LogP contribution >= 0.6 is 0 Å². The third-order valence-corrected chi connectivity index (χ3v) is 4.68. The SMILES string of the molecule is COc1ccc([I+]c2ccccc2)cc1.[F-]. The van der Waals surface area contributed by atoms with Crippen molar-refractivity contribution in [2.45, 2.75) is 0 Å². The van der Waals surface area contributed by atoms with E-state index in [0.717, 1.165) is 5.75 Å². The molecule has 0 N–H and O–H groups in total. The average Bonchev–Trinajstić information content (AvgIpc) is 2.31. The molecule has 0 spiro atoms. The molecule has 84 valence electrons. The monoisotopic (exact) mass is 330 g/mol. The number of hydrogen-bond acceptors (Lipinski definition) is 1. The lowest BCUT2D eigenvalue weighted by molar-refractivity contribution is -0.597. The number of methoxy groups -OCH3 is 1. The van der Waals surface area contributed by atoms with Crippen molar-refractivity contribution in [1.82, 2.24) is 0 Å². The van der Waals surface area contributed by atoms with Gasteiger partial charge in [-0.2, -0.15) is 0 Å². The van der Waals surface area contributed by atoms with Gasteiger partial charge in [-0.05, 0) is 36.4 Å². The second-order valence-corrected chi connectivity index (χ2v) is 6.08. The van der Waals surface area contributed by atoms with Gasteiger partial charge in [0.2, 0.25) is 0 Å². The molecule has 0 bridgehead atoms. The van der Waals surface area contributed by atoms with Crippen molar-refractivity contribution in [1.29, 1.82) is 0 Å². The predicted octanol–water partition coefficient (Wildman–Crippen LogP) is -3.17. The number of ether oxygens (including phenoxy) is 1. The number of hydrogen-bond donors (Lipinski definition) is 0. The Labute approximate surface area is 105 Å². The van der Waals surface area contributed by atoms with Crippen LogP contribution in [-0.2, 0) is 0 Å². The maximum atomic E-state index is 5.13. The summed E-state index contributed by atoms with van der Waals surface area (Å²) >= 11 is -0.0449. The molecule has 2 aromatic rings. The third kappa shape index (κ3) is 3.48. The van der Waals surface area contributed by atoms with Crippen molar-refractivity contribution in [2.75, 3.05) is 7.11 Å². The van der Waals surface area contributed by atoms with E-state index < -0.39 is 0 Å². The van der Waals surface area contributed by atoms with Gasteiger partial charge in [-0.3, -0.25) is 0 Å². The Morgan fingerprint density at radius 3 is 1.94 bits per heavy atom. The first kappa shape index (κ1) is 13.0. The predicted molar refractivity (Wildman–Crippen MR) is 56.8 cm³/mol. The van der Waals surface area contributed by atoms with Crippen molar-refractivity contribution in [3.8, 4) is 5.75 Å². The van der Waals surface area contributed by atoms with Crippen LogP contribution in [0.25, 0.3) is 0 Å². The standard InChI is InChI=1S/C13H12IO.FH/c1-15-13-9-7-12(8-10-13)14-11-5-3-2-4-6-11;/h2-10H,1H3;1H/q+1;/p-1. The Balaban J connectivity index is 0.00000128. The van der Waals surface area contributed by atoms with Crippen molar-refractivity contribution in [3.05, 3.63) is 61.7 Å². The van der Waals surface area contributed by atoms with Crippen LogP contribution in [0.4, 0.5) is 0 Å². The molecule has 0 radical (unpaired) electrons. The molecule has 0 aliphatic carbocycles. The van der Waals surface area contributed by atoms with Crippen LogP contribution < -0.4 is 30.6 Å². The van der Waals surface area contributed by atoms with Crippen LogP contribution in [0.1, 0.15) is 0 Å². The minimum atomic E-state index is -0.0449. The Hall–Kier alpha value is -1.10. The molecule has 0 saturated heterocycles. The molecule has 0 heterocycles. The minimum absolute atomic E-state index is 0. The molecule has 2 aromatic carbocycles. The molecule has 1 nitrogen and oxygen atoms in total. The summed E-state index contributed by atoms with van der Waals surface area (Å²) in [5, 5.41) is 0. The van der Waals surface area contributed by atoms with Gasteiger partial charge < -0.3 is 9.44 Å². The maximum Gasteiger partial charge on any atom is 0.357 e. The lowest BCUT2D eigenvalue weighted by Gasteiger charge is -1.95. The molecular weight excluding hydrogens is 318 g/mol. The van der Waals surface area contributed by atoms with E-state index in [1.807, 2.05) is 12.1 Å². The number of benzene rings is 2. The van der Waals surface area contributed by atoms with Crippen LogP contribution in [0.5, 0.6) is 5.75 Å². The van der Waals surface area contributed by atoms with E-state index in [1.54, 1.807) is 7.11 Å². The molecule has 0 amide bonds.